The molecule has 0 unspecified atom stereocenters. The second-order valence-corrected chi connectivity index (χ2v) is 5.49. The van der Waals surface area contributed by atoms with Crippen molar-refractivity contribution in [2.24, 2.45) is 0 Å². The molecular formula is C16H14N4OS. The van der Waals surface area contributed by atoms with E-state index in [1.807, 2.05) is 49.4 Å². The van der Waals surface area contributed by atoms with Gasteiger partial charge in [-0.15, -0.1) is 11.3 Å². The average Bonchev–Trinajstić information content (AvgIpc) is 2.96. The second-order valence-electron chi connectivity index (χ2n) is 4.64. The molecule has 3 aromatic rings. The highest BCUT2D eigenvalue weighted by Crippen LogP contribution is 2.25. The monoisotopic (exact) mass is 310 g/mol. The number of carbonyl (C=O) groups is 1. The molecule has 0 saturated heterocycles. The Morgan fingerprint density at radius 3 is 2.68 bits per heavy atom. The molecule has 0 aliphatic rings. The van der Waals surface area contributed by atoms with Crippen LogP contribution in [0.5, 0.6) is 0 Å². The number of benzene rings is 1. The highest BCUT2D eigenvalue weighted by molar-refractivity contribution is 7.14. The van der Waals surface area contributed by atoms with Gasteiger partial charge in [-0.1, -0.05) is 24.3 Å². The summed E-state index contributed by atoms with van der Waals surface area (Å²) in [5.41, 5.74) is 3.76. The van der Waals surface area contributed by atoms with Gasteiger partial charge in [0.05, 0.1) is 5.51 Å². The zero-order valence-electron chi connectivity index (χ0n) is 11.9. The summed E-state index contributed by atoms with van der Waals surface area (Å²) in [6.45, 7) is 1.88. The van der Waals surface area contributed by atoms with E-state index in [0.29, 0.717) is 16.5 Å². The van der Waals surface area contributed by atoms with Crippen LogP contribution in [0.3, 0.4) is 0 Å². The van der Waals surface area contributed by atoms with Crippen LogP contribution in [0.4, 0.5) is 16.5 Å². The number of carbonyl (C=O) groups excluding carboxylic acids is 1. The fourth-order valence-electron chi connectivity index (χ4n) is 1.94. The van der Waals surface area contributed by atoms with Gasteiger partial charge < -0.3 is 10.6 Å². The number of aryl methyl sites for hydroxylation is 1. The smallest absolute Gasteiger partial charge is 0.278 e. The SMILES string of the molecule is Cc1cccc(NC(=O)c2ncsc2Nc2ccccc2)n1. The molecular weight excluding hydrogens is 296 g/mol. The summed E-state index contributed by atoms with van der Waals surface area (Å²) in [6, 6.07) is 15.1. The predicted octanol–water partition coefficient (Wildman–Crippen LogP) is 3.84. The largest absolute Gasteiger partial charge is 0.345 e. The van der Waals surface area contributed by atoms with E-state index < -0.39 is 0 Å². The van der Waals surface area contributed by atoms with E-state index in [4.69, 9.17) is 0 Å². The van der Waals surface area contributed by atoms with Crippen LogP contribution < -0.4 is 10.6 Å². The van der Waals surface area contributed by atoms with Crippen molar-refractivity contribution in [3.8, 4) is 0 Å². The highest BCUT2D eigenvalue weighted by Gasteiger charge is 2.15. The summed E-state index contributed by atoms with van der Waals surface area (Å²) in [6.07, 6.45) is 0. The lowest BCUT2D eigenvalue weighted by Gasteiger charge is -2.07. The van der Waals surface area contributed by atoms with Crippen LogP contribution in [0, 0.1) is 6.92 Å². The molecule has 0 aliphatic carbocycles. The molecule has 0 saturated carbocycles. The molecule has 6 heteroatoms. The van der Waals surface area contributed by atoms with Gasteiger partial charge in [0.2, 0.25) is 0 Å². The van der Waals surface area contributed by atoms with E-state index in [2.05, 4.69) is 20.6 Å². The second kappa shape index (κ2) is 6.36. The summed E-state index contributed by atoms with van der Waals surface area (Å²) >= 11 is 1.38. The zero-order chi connectivity index (χ0) is 15.4. The van der Waals surface area contributed by atoms with E-state index >= 15 is 0 Å². The maximum absolute atomic E-state index is 12.4. The Kier molecular flexibility index (Phi) is 4.11. The third kappa shape index (κ3) is 3.29. The van der Waals surface area contributed by atoms with Crippen molar-refractivity contribution in [3.05, 3.63) is 65.4 Å². The van der Waals surface area contributed by atoms with Crippen LogP contribution in [0.25, 0.3) is 0 Å². The first kappa shape index (κ1) is 14.2. The minimum absolute atomic E-state index is 0.280. The Bertz CT molecular complexity index is 786. The van der Waals surface area contributed by atoms with Crippen LogP contribution in [0.2, 0.25) is 0 Å². The zero-order valence-corrected chi connectivity index (χ0v) is 12.7. The molecule has 2 N–H and O–H groups in total. The number of para-hydroxylation sites is 1. The van der Waals surface area contributed by atoms with Crippen molar-refractivity contribution in [1.29, 1.82) is 0 Å². The van der Waals surface area contributed by atoms with E-state index in [1.165, 1.54) is 11.3 Å². The number of hydrogen-bond donors (Lipinski definition) is 2. The Hall–Kier alpha value is -2.73. The molecule has 0 fully saturated rings. The normalized spacial score (nSPS) is 10.2. The standard InChI is InChI=1S/C16H14N4OS/c1-11-6-5-9-13(18-11)20-15(21)14-16(22-10-17-14)19-12-7-3-2-4-8-12/h2-10,19H,1H3,(H,18,20,21). The van der Waals surface area contributed by atoms with Gasteiger partial charge >= 0.3 is 0 Å². The van der Waals surface area contributed by atoms with Gasteiger partial charge in [-0.25, -0.2) is 9.97 Å². The van der Waals surface area contributed by atoms with Crippen molar-refractivity contribution in [3.63, 3.8) is 0 Å². The molecule has 110 valence electrons. The number of nitrogens with zero attached hydrogens (tertiary/aromatic N) is 2. The lowest BCUT2D eigenvalue weighted by molar-refractivity contribution is 0.102. The van der Waals surface area contributed by atoms with Crippen LogP contribution >= 0.6 is 11.3 Å². The van der Waals surface area contributed by atoms with E-state index in [-0.39, 0.29) is 5.91 Å². The third-order valence-corrected chi connectivity index (χ3v) is 3.69. The first-order chi connectivity index (χ1) is 10.7. The number of anilines is 3. The molecule has 1 amide bonds. The van der Waals surface area contributed by atoms with E-state index in [1.54, 1.807) is 11.6 Å². The Labute approximate surface area is 132 Å². The van der Waals surface area contributed by atoms with Crippen molar-refractivity contribution >= 4 is 33.8 Å². The molecule has 0 atom stereocenters. The number of aromatic nitrogens is 2. The highest BCUT2D eigenvalue weighted by atomic mass is 32.1. The molecule has 0 bridgehead atoms. The molecule has 0 spiro atoms. The van der Waals surface area contributed by atoms with E-state index in [9.17, 15) is 4.79 Å². The fourth-order valence-corrected chi connectivity index (χ4v) is 2.63. The summed E-state index contributed by atoms with van der Waals surface area (Å²) < 4.78 is 0. The lowest BCUT2D eigenvalue weighted by atomic mass is 10.3. The van der Waals surface area contributed by atoms with Crippen LogP contribution in [0.1, 0.15) is 16.2 Å². The Balaban J connectivity index is 1.78. The maximum atomic E-state index is 12.4. The van der Waals surface area contributed by atoms with Gasteiger partial charge in [0, 0.05) is 11.4 Å². The molecule has 0 radical (unpaired) electrons. The van der Waals surface area contributed by atoms with Gasteiger partial charge in [-0.2, -0.15) is 0 Å². The van der Waals surface area contributed by atoms with E-state index in [0.717, 1.165) is 11.4 Å². The summed E-state index contributed by atoms with van der Waals surface area (Å²) in [5.74, 6) is 0.237. The summed E-state index contributed by atoms with van der Waals surface area (Å²) in [5, 5.41) is 6.68. The maximum Gasteiger partial charge on any atom is 0.278 e. The number of hydrogen-bond acceptors (Lipinski definition) is 5. The fraction of sp³-hybridized carbons (Fsp3) is 0.0625. The number of amides is 1. The van der Waals surface area contributed by atoms with Gasteiger partial charge in [-0.05, 0) is 31.2 Å². The quantitative estimate of drug-likeness (QED) is 0.768. The molecule has 22 heavy (non-hydrogen) atoms. The Morgan fingerprint density at radius 2 is 1.91 bits per heavy atom. The van der Waals surface area contributed by atoms with Gasteiger partial charge in [0.25, 0.3) is 5.91 Å². The number of thiazole rings is 1. The molecule has 0 aliphatic heterocycles. The van der Waals surface area contributed by atoms with Crippen molar-refractivity contribution in [2.75, 3.05) is 10.6 Å². The number of pyridine rings is 1. The average molecular weight is 310 g/mol. The topological polar surface area (TPSA) is 66.9 Å². The van der Waals surface area contributed by atoms with Crippen LogP contribution in [0.15, 0.2) is 54.0 Å². The molecule has 1 aromatic carbocycles. The van der Waals surface area contributed by atoms with Gasteiger partial charge in [0.1, 0.15) is 10.8 Å². The molecule has 5 nitrogen and oxygen atoms in total. The van der Waals surface area contributed by atoms with Gasteiger partial charge in [0.15, 0.2) is 5.69 Å². The van der Waals surface area contributed by atoms with Crippen molar-refractivity contribution in [1.82, 2.24) is 9.97 Å². The number of nitrogens with one attached hydrogen (secondary N) is 2. The molecule has 2 heterocycles. The predicted molar refractivity (Wildman–Crippen MR) is 88.8 cm³/mol. The lowest BCUT2D eigenvalue weighted by Crippen LogP contribution is -2.14. The Morgan fingerprint density at radius 1 is 1.09 bits per heavy atom. The minimum Gasteiger partial charge on any atom is -0.345 e. The van der Waals surface area contributed by atoms with Crippen LogP contribution in [-0.2, 0) is 0 Å². The third-order valence-electron chi connectivity index (χ3n) is 2.94. The summed E-state index contributed by atoms with van der Waals surface area (Å²) in [4.78, 5) is 20.8. The van der Waals surface area contributed by atoms with Crippen LogP contribution in [-0.4, -0.2) is 15.9 Å². The van der Waals surface area contributed by atoms with Gasteiger partial charge in [-0.3, -0.25) is 4.79 Å². The van der Waals surface area contributed by atoms with Crippen molar-refractivity contribution < 1.29 is 4.79 Å². The minimum atomic E-state index is -0.280. The first-order valence-corrected chi connectivity index (χ1v) is 7.61. The molecule has 3 rings (SSSR count). The number of rotatable bonds is 4. The van der Waals surface area contributed by atoms with Crippen molar-refractivity contribution in [2.45, 2.75) is 6.92 Å². The summed E-state index contributed by atoms with van der Waals surface area (Å²) in [7, 11) is 0. The first-order valence-electron chi connectivity index (χ1n) is 6.73. The molecule has 2 aromatic heterocycles.